The highest BCUT2D eigenvalue weighted by Gasteiger charge is 2.30. The molecule has 0 saturated heterocycles. The van der Waals surface area contributed by atoms with E-state index >= 15 is 0 Å². The van der Waals surface area contributed by atoms with Gasteiger partial charge in [0, 0.05) is 30.1 Å². The molecular weight excluding hydrogens is 476 g/mol. The van der Waals surface area contributed by atoms with Crippen molar-refractivity contribution in [3.63, 3.8) is 0 Å². The van der Waals surface area contributed by atoms with E-state index in [1.54, 1.807) is 23.1 Å². The fourth-order valence-electron chi connectivity index (χ4n) is 5.18. The third kappa shape index (κ3) is 6.70. The van der Waals surface area contributed by atoms with E-state index in [2.05, 4.69) is 15.6 Å². The Balaban J connectivity index is 1.35. The molecule has 1 aromatic heterocycles. The lowest BCUT2D eigenvalue weighted by Gasteiger charge is -2.36. The highest BCUT2D eigenvalue weighted by Crippen LogP contribution is 2.32. The lowest BCUT2D eigenvalue weighted by Crippen LogP contribution is -2.43. The quantitative estimate of drug-likeness (QED) is 0.358. The first-order chi connectivity index (χ1) is 17.2. The zero-order valence-corrected chi connectivity index (χ0v) is 21.6. The second kappa shape index (κ2) is 11.2. The molecule has 8 heteroatoms. The summed E-state index contributed by atoms with van der Waals surface area (Å²) in [7, 11) is 0. The van der Waals surface area contributed by atoms with Crippen LogP contribution >= 0.6 is 11.6 Å². The number of rotatable bonds is 9. The van der Waals surface area contributed by atoms with Crippen LogP contribution in [0.5, 0.6) is 5.75 Å². The van der Waals surface area contributed by atoms with Crippen LogP contribution in [-0.2, 0) is 6.54 Å². The van der Waals surface area contributed by atoms with Gasteiger partial charge in [0.2, 0.25) is 0 Å². The van der Waals surface area contributed by atoms with E-state index in [-0.39, 0.29) is 5.41 Å². The van der Waals surface area contributed by atoms with Crippen LogP contribution in [-0.4, -0.2) is 45.3 Å². The Hall–Kier alpha value is -3.24. The van der Waals surface area contributed by atoms with Crippen molar-refractivity contribution in [3.8, 4) is 11.8 Å². The molecule has 190 valence electrons. The first kappa shape index (κ1) is 25.8. The first-order valence-corrected chi connectivity index (χ1v) is 12.8. The van der Waals surface area contributed by atoms with Crippen molar-refractivity contribution >= 4 is 28.7 Å². The summed E-state index contributed by atoms with van der Waals surface area (Å²) in [6.45, 7) is 6.23. The van der Waals surface area contributed by atoms with E-state index in [0.29, 0.717) is 42.1 Å². The van der Waals surface area contributed by atoms with Gasteiger partial charge in [-0.3, -0.25) is 0 Å². The number of aromatic nitrogens is 2. The van der Waals surface area contributed by atoms with Gasteiger partial charge < -0.3 is 19.3 Å². The van der Waals surface area contributed by atoms with Crippen molar-refractivity contribution in [2.75, 3.05) is 19.7 Å². The maximum Gasteiger partial charge on any atom is 0.407 e. The highest BCUT2D eigenvalue weighted by molar-refractivity contribution is 6.30. The molecule has 1 heterocycles. The lowest BCUT2D eigenvalue weighted by molar-refractivity contribution is 0.0815. The molecule has 2 unspecified atom stereocenters. The predicted molar refractivity (Wildman–Crippen MR) is 140 cm³/mol. The van der Waals surface area contributed by atoms with Crippen LogP contribution in [0, 0.1) is 28.6 Å². The number of imidazole rings is 1. The topological polar surface area (TPSA) is 91.4 Å². The Kier molecular flexibility index (Phi) is 8.05. The Morgan fingerprint density at radius 2 is 2.00 bits per heavy atom. The van der Waals surface area contributed by atoms with Crippen LogP contribution in [0.1, 0.15) is 45.1 Å². The van der Waals surface area contributed by atoms with Crippen LogP contribution in [0.15, 0.2) is 48.8 Å². The van der Waals surface area contributed by atoms with E-state index in [1.165, 1.54) is 0 Å². The number of carboxylic acid groups (broad SMARTS) is 1. The van der Waals surface area contributed by atoms with Gasteiger partial charge in [0.25, 0.3) is 0 Å². The summed E-state index contributed by atoms with van der Waals surface area (Å²) >= 11 is 5.94. The number of nitriles is 1. The largest absolute Gasteiger partial charge is 0.493 e. The summed E-state index contributed by atoms with van der Waals surface area (Å²) < 4.78 is 8.05. The number of carbonyl (C=O) groups is 1. The molecule has 2 aromatic carbocycles. The van der Waals surface area contributed by atoms with Crippen LogP contribution in [0.4, 0.5) is 4.79 Å². The molecule has 7 nitrogen and oxygen atoms in total. The molecule has 0 radical (unpaired) electrons. The Bertz CT molecular complexity index is 1230. The molecule has 0 spiro atoms. The SMILES string of the molecule is CC(C)(COc1ccc(Cl)cc1)CN(CC1CCCC(Cn2cnc3ccc(C#N)cc32)C1)C(=O)O. The minimum absolute atomic E-state index is 0.317. The minimum Gasteiger partial charge on any atom is -0.493 e. The Morgan fingerprint density at radius 1 is 1.25 bits per heavy atom. The van der Waals surface area contributed by atoms with Gasteiger partial charge >= 0.3 is 6.09 Å². The zero-order valence-electron chi connectivity index (χ0n) is 20.9. The fraction of sp³-hybridized carbons (Fsp3) is 0.464. The van der Waals surface area contributed by atoms with E-state index in [1.807, 2.05) is 44.4 Å². The maximum atomic E-state index is 12.1. The molecule has 0 aliphatic heterocycles. The van der Waals surface area contributed by atoms with Crippen molar-refractivity contribution in [2.24, 2.45) is 17.3 Å². The van der Waals surface area contributed by atoms with E-state index < -0.39 is 6.09 Å². The lowest BCUT2D eigenvalue weighted by atomic mass is 9.80. The Labute approximate surface area is 217 Å². The fourth-order valence-corrected chi connectivity index (χ4v) is 5.30. The maximum absolute atomic E-state index is 12.1. The van der Waals surface area contributed by atoms with Gasteiger partial charge in [-0.15, -0.1) is 0 Å². The summed E-state index contributed by atoms with van der Waals surface area (Å²) in [6.07, 6.45) is 5.17. The number of fused-ring (bicyclic) bond motifs is 1. The molecule has 36 heavy (non-hydrogen) atoms. The third-order valence-corrected chi connectivity index (χ3v) is 7.16. The van der Waals surface area contributed by atoms with Crippen LogP contribution in [0.25, 0.3) is 11.0 Å². The predicted octanol–water partition coefficient (Wildman–Crippen LogP) is 6.45. The van der Waals surface area contributed by atoms with E-state index in [9.17, 15) is 15.2 Å². The number of benzene rings is 2. The number of hydrogen-bond donors (Lipinski definition) is 1. The van der Waals surface area contributed by atoms with Gasteiger partial charge in [0.05, 0.1) is 35.6 Å². The normalized spacial score (nSPS) is 18.1. The van der Waals surface area contributed by atoms with Gasteiger partial charge in [0.15, 0.2) is 0 Å². The van der Waals surface area contributed by atoms with Crippen molar-refractivity contribution in [2.45, 2.75) is 46.1 Å². The molecule has 1 amide bonds. The first-order valence-electron chi connectivity index (χ1n) is 12.4. The molecule has 1 N–H and O–H groups in total. The average Bonchev–Trinajstić information content (AvgIpc) is 3.25. The second-order valence-corrected chi connectivity index (χ2v) is 11.1. The number of halogens is 1. The number of amides is 1. The number of nitrogens with zero attached hydrogens (tertiary/aromatic N) is 4. The van der Waals surface area contributed by atoms with Crippen LogP contribution in [0.3, 0.4) is 0 Å². The minimum atomic E-state index is -0.888. The number of hydrogen-bond acceptors (Lipinski definition) is 4. The van der Waals surface area contributed by atoms with Gasteiger partial charge in [0.1, 0.15) is 5.75 Å². The number of ether oxygens (including phenoxy) is 1. The summed E-state index contributed by atoms with van der Waals surface area (Å²) in [5.74, 6) is 1.49. The van der Waals surface area contributed by atoms with Gasteiger partial charge in [-0.25, -0.2) is 9.78 Å². The average molecular weight is 509 g/mol. The Morgan fingerprint density at radius 3 is 2.72 bits per heavy atom. The van der Waals surface area contributed by atoms with Gasteiger partial charge in [-0.2, -0.15) is 5.26 Å². The van der Waals surface area contributed by atoms with Gasteiger partial charge in [-0.1, -0.05) is 31.9 Å². The zero-order chi connectivity index (χ0) is 25.7. The van der Waals surface area contributed by atoms with Crippen LogP contribution < -0.4 is 4.74 Å². The monoisotopic (exact) mass is 508 g/mol. The summed E-state index contributed by atoms with van der Waals surface area (Å²) in [6, 6.07) is 15.0. The molecule has 3 aromatic rings. The molecule has 0 bridgehead atoms. The molecule has 1 fully saturated rings. The molecule has 4 rings (SSSR count). The van der Waals surface area contributed by atoms with Gasteiger partial charge in [-0.05, 0) is 73.6 Å². The molecular formula is C28H33ClN4O3. The summed E-state index contributed by atoms with van der Waals surface area (Å²) in [5.41, 5.74) is 2.15. The smallest absolute Gasteiger partial charge is 0.407 e. The van der Waals surface area contributed by atoms with Crippen LogP contribution in [0.2, 0.25) is 5.02 Å². The summed E-state index contributed by atoms with van der Waals surface area (Å²) in [5, 5.41) is 19.9. The molecule has 2 atom stereocenters. The van der Waals surface area contributed by atoms with Crippen molar-refractivity contribution < 1.29 is 14.6 Å². The highest BCUT2D eigenvalue weighted by atomic mass is 35.5. The third-order valence-electron chi connectivity index (χ3n) is 6.91. The molecule has 1 aliphatic carbocycles. The molecule has 1 saturated carbocycles. The molecule has 1 aliphatic rings. The standard InChI is InChI=1S/C28H33ClN4O3/c1-28(2,18-36-24-9-7-23(29)8-10-24)17-32(27(34)35)15-21-4-3-5-22(12-21)16-33-19-31-25-11-6-20(14-30)13-26(25)33/h6-11,13,19,21-22H,3-5,12,15-18H2,1-2H3,(H,34,35). The van der Waals surface area contributed by atoms with E-state index in [4.69, 9.17) is 16.3 Å². The van der Waals surface area contributed by atoms with Crippen molar-refractivity contribution in [1.29, 1.82) is 5.26 Å². The van der Waals surface area contributed by atoms with Crippen molar-refractivity contribution in [3.05, 3.63) is 59.4 Å². The van der Waals surface area contributed by atoms with E-state index in [0.717, 1.165) is 49.0 Å². The second-order valence-electron chi connectivity index (χ2n) is 10.7. The summed E-state index contributed by atoms with van der Waals surface area (Å²) in [4.78, 5) is 18.2. The van der Waals surface area contributed by atoms with Crippen molar-refractivity contribution in [1.82, 2.24) is 14.5 Å².